The molecule has 1 amide bonds. The smallest absolute Gasteiger partial charge is 0.256 e. The molecule has 5 rings (SSSR count). The summed E-state index contributed by atoms with van der Waals surface area (Å²) < 4.78 is 2.12. The molecule has 0 spiro atoms. The van der Waals surface area contributed by atoms with Gasteiger partial charge in [0.05, 0.1) is 5.56 Å². The summed E-state index contributed by atoms with van der Waals surface area (Å²) >= 11 is 1.78. The normalized spacial score (nSPS) is 22.2. The molecule has 2 aromatic heterocycles. The summed E-state index contributed by atoms with van der Waals surface area (Å²) in [6, 6.07) is 8.33. The van der Waals surface area contributed by atoms with Gasteiger partial charge in [-0.15, -0.1) is 11.3 Å². The van der Waals surface area contributed by atoms with E-state index in [0.717, 1.165) is 29.0 Å². The van der Waals surface area contributed by atoms with Crippen LogP contribution in [0.25, 0.3) is 10.9 Å². The van der Waals surface area contributed by atoms with Crippen LogP contribution in [0.15, 0.2) is 30.5 Å². The number of para-hydroxylation sites is 1. The Kier molecular flexibility index (Phi) is 3.22. The van der Waals surface area contributed by atoms with Crippen LogP contribution in [0, 0.1) is 5.92 Å². The van der Waals surface area contributed by atoms with Crippen LogP contribution >= 0.6 is 11.3 Å². The Bertz CT molecular complexity index is 1000. The van der Waals surface area contributed by atoms with Crippen molar-refractivity contribution >= 4 is 33.1 Å². The Balaban J connectivity index is 1.58. The van der Waals surface area contributed by atoms with Gasteiger partial charge in [-0.25, -0.2) is 0 Å². The molecule has 25 heavy (non-hydrogen) atoms. The van der Waals surface area contributed by atoms with Crippen molar-refractivity contribution in [1.82, 2.24) is 9.88 Å². The average molecular weight is 351 g/mol. The standard InChI is InChI=1S/C20H21N3OS/c1-11-7-8-13-16(9-11)25-20-17(13)19(24)21-18(22-20)14-10-23(2)15-6-4-3-5-12(14)15/h3-6,10-11,18,22H,7-9H2,1-2H3,(H,21,24)/t11-,18-/m1/s1. The molecule has 0 unspecified atom stereocenters. The van der Waals surface area contributed by atoms with E-state index in [1.165, 1.54) is 27.8 Å². The molecule has 128 valence electrons. The highest BCUT2D eigenvalue weighted by atomic mass is 32.1. The van der Waals surface area contributed by atoms with Crippen molar-refractivity contribution in [2.75, 3.05) is 5.32 Å². The first kappa shape index (κ1) is 15.0. The minimum atomic E-state index is -0.177. The van der Waals surface area contributed by atoms with Gasteiger partial charge in [-0.1, -0.05) is 25.1 Å². The number of fused-ring (bicyclic) bond motifs is 4. The number of carbonyl (C=O) groups excluding carboxylic acids is 1. The maximum Gasteiger partial charge on any atom is 0.256 e. The van der Waals surface area contributed by atoms with Gasteiger partial charge in [-0.2, -0.15) is 0 Å². The maximum absolute atomic E-state index is 12.9. The predicted octanol–water partition coefficient (Wildman–Crippen LogP) is 4.22. The molecule has 3 heterocycles. The van der Waals surface area contributed by atoms with Gasteiger partial charge in [0.1, 0.15) is 11.2 Å². The van der Waals surface area contributed by atoms with E-state index < -0.39 is 0 Å². The first-order valence-corrected chi connectivity index (χ1v) is 9.69. The highest BCUT2D eigenvalue weighted by Gasteiger charge is 2.33. The predicted molar refractivity (Wildman–Crippen MR) is 102 cm³/mol. The summed E-state index contributed by atoms with van der Waals surface area (Å²) in [6.45, 7) is 2.30. The first-order valence-electron chi connectivity index (χ1n) is 8.87. The number of amides is 1. The zero-order chi connectivity index (χ0) is 17.1. The lowest BCUT2D eigenvalue weighted by molar-refractivity contribution is 0.0935. The van der Waals surface area contributed by atoms with Crippen LogP contribution in [0.4, 0.5) is 5.00 Å². The number of thiophene rings is 1. The second-order valence-electron chi connectivity index (χ2n) is 7.32. The van der Waals surface area contributed by atoms with Gasteiger partial charge in [-0.3, -0.25) is 4.79 Å². The third-order valence-corrected chi connectivity index (χ3v) is 6.71. The summed E-state index contributed by atoms with van der Waals surface area (Å²) in [5, 5.41) is 9.00. The summed E-state index contributed by atoms with van der Waals surface area (Å²) in [5.74, 6) is 0.781. The molecule has 3 aromatic rings. The van der Waals surface area contributed by atoms with Gasteiger partial charge >= 0.3 is 0 Å². The van der Waals surface area contributed by atoms with Crippen LogP contribution in [0.5, 0.6) is 0 Å². The molecule has 0 radical (unpaired) electrons. The molecule has 0 bridgehead atoms. The first-order chi connectivity index (χ1) is 12.1. The molecule has 0 fully saturated rings. The topological polar surface area (TPSA) is 46.1 Å². The number of hydrogen-bond donors (Lipinski definition) is 2. The minimum Gasteiger partial charge on any atom is -0.353 e. The lowest BCUT2D eigenvalue weighted by Crippen LogP contribution is -2.38. The molecule has 2 N–H and O–H groups in total. The van der Waals surface area contributed by atoms with Crippen LogP contribution in [0.1, 0.15) is 45.9 Å². The number of hydrogen-bond acceptors (Lipinski definition) is 3. The minimum absolute atomic E-state index is 0.0683. The zero-order valence-corrected chi connectivity index (χ0v) is 15.2. The third-order valence-electron chi connectivity index (χ3n) is 5.53. The monoisotopic (exact) mass is 351 g/mol. The Morgan fingerprint density at radius 3 is 2.96 bits per heavy atom. The zero-order valence-electron chi connectivity index (χ0n) is 14.4. The van der Waals surface area contributed by atoms with Crippen LogP contribution in [-0.4, -0.2) is 10.5 Å². The summed E-state index contributed by atoms with van der Waals surface area (Å²) in [4.78, 5) is 14.3. The molecule has 1 aromatic carbocycles. The van der Waals surface area contributed by atoms with E-state index in [1.54, 1.807) is 11.3 Å². The number of nitrogens with one attached hydrogen (secondary N) is 2. The highest BCUT2D eigenvalue weighted by Crippen LogP contribution is 2.43. The van der Waals surface area contributed by atoms with Gasteiger partial charge in [0.15, 0.2) is 0 Å². The molecule has 5 heteroatoms. The Labute approximate surface area is 150 Å². The van der Waals surface area contributed by atoms with E-state index in [0.29, 0.717) is 5.92 Å². The van der Waals surface area contributed by atoms with Crippen molar-refractivity contribution in [3.63, 3.8) is 0 Å². The van der Waals surface area contributed by atoms with E-state index in [1.807, 2.05) is 19.2 Å². The van der Waals surface area contributed by atoms with Crippen LogP contribution in [0.3, 0.4) is 0 Å². The van der Waals surface area contributed by atoms with Crippen molar-refractivity contribution in [2.45, 2.75) is 32.4 Å². The maximum atomic E-state index is 12.9. The molecule has 0 saturated heterocycles. The van der Waals surface area contributed by atoms with Crippen molar-refractivity contribution in [1.29, 1.82) is 0 Å². The third kappa shape index (κ3) is 2.22. The van der Waals surface area contributed by atoms with Crippen molar-refractivity contribution in [3.05, 3.63) is 52.0 Å². The SMILES string of the molecule is C[C@@H]1CCc2c(sc3c2C(=O)N[C@@H](c2cn(C)c4ccccc24)N3)C1. The summed E-state index contributed by atoms with van der Waals surface area (Å²) in [5.41, 5.74) is 4.47. The molecule has 1 aliphatic carbocycles. The fourth-order valence-corrected chi connectivity index (χ4v) is 5.66. The van der Waals surface area contributed by atoms with Crippen molar-refractivity contribution < 1.29 is 4.79 Å². The van der Waals surface area contributed by atoms with Gasteiger partial charge in [-0.05, 0) is 36.8 Å². The molecule has 0 saturated carbocycles. The fraction of sp³-hybridized carbons (Fsp3) is 0.350. The van der Waals surface area contributed by atoms with Crippen molar-refractivity contribution in [2.24, 2.45) is 13.0 Å². The number of benzene rings is 1. The number of rotatable bonds is 1. The van der Waals surface area contributed by atoms with E-state index in [9.17, 15) is 4.79 Å². The number of aryl methyl sites for hydroxylation is 1. The Morgan fingerprint density at radius 1 is 1.24 bits per heavy atom. The molecular formula is C20H21N3OS. The average Bonchev–Trinajstić information content (AvgIpc) is 3.12. The number of nitrogens with zero attached hydrogens (tertiary/aromatic N) is 1. The summed E-state index contributed by atoms with van der Waals surface area (Å²) in [7, 11) is 2.05. The highest BCUT2D eigenvalue weighted by molar-refractivity contribution is 7.16. The molecule has 1 aliphatic heterocycles. The lowest BCUT2D eigenvalue weighted by Gasteiger charge is -2.26. The van der Waals surface area contributed by atoms with Gasteiger partial charge < -0.3 is 15.2 Å². The second-order valence-corrected chi connectivity index (χ2v) is 8.42. The largest absolute Gasteiger partial charge is 0.353 e. The Hall–Kier alpha value is -2.27. The van der Waals surface area contributed by atoms with E-state index >= 15 is 0 Å². The number of carbonyl (C=O) groups is 1. The van der Waals surface area contributed by atoms with Crippen LogP contribution in [-0.2, 0) is 19.9 Å². The number of anilines is 1. The molecular weight excluding hydrogens is 330 g/mol. The molecule has 4 nitrogen and oxygen atoms in total. The van der Waals surface area contributed by atoms with Crippen LogP contribution in [0.2, 0.25) is 0 Å². The summed E-state index contributed by atoms with van der Waals surface area (Å²) in [6.07, 6.45) is 5.24. The molecule has 2 atom stereocenters. The Morgan fingerprint density at radius 2 is 2.08 bits per heavy atom. The fourth-order valence-electron chi connectivity index (χ4n) is 4.22. The van der Waals surface area contributed by atoms with Crippen molar-refractivity contribution in [3.8, 4) is 0 Å². The molecule has 2 aliphatic rings. The van der Waals surface area contributed by atoms with Gasteiger partial charge in [0.25, 0.3) is 5.91 Å². The van der Waals surface area contributed by atoms with E-state index in [4.69, 9.17) is 0 Å². The lowest BCUT2D eigenvalue weighted by atomic mass is 9.88. The van der Waals surface area contributed by atoms with E-state index in [-0.39, 0.29) is 12.1 Å². The quantitative estimate of drug-likeness (QED) is 0.689. The second kappa shape index (κ2) is 5.36. The number of aromatic nitrogens is 1. The van der Waals surface area contributed by atoms with Gasteiger partial charge in [0.2, 0.25) is 0 Å². The van der Waals surface area contributed by atoms with Gasteiger partial charge in [0, 0.05) is 34.6 Å². The van der Waals surface area contributed by atoms with E-state index in [2.05, 4.69) is 40.5 Å². The van der Waals surface area contributed by atoms with Crippen LogP contribution < -0.4 is 10.6 Å².